The van der Waals surface area contributed by atoms with Crippen LogP contribution in [0.1, 0.15) is 0 Å². The molecular weight excluding hydrogens is 282 g/mol. The molecule has 0 radical (unpaired) electrons. The van der Waals surface area contributed by atoms with E-state index < -0.39 is 16.8 Å². The molecule has 12 nitrogen and oxygen atoms in total. The van der Waals surface area contributed by atoms with Crippen LogP contribution < -0.4 is 33.8 Å². The third kappa shape index (κ3) is 1.62. The van der Waals surface area contributed by atoms with E-state index in [1.165, 1.54) is 7.05 Å². The standard InChI is InChI=1S/C9H9N9O3/c1-12-8-15-4-2(6(19)17(8)10)13-3-5(14-4)16-9(21)18(11)7(3)20/h10-11H2,1H3,(H2,12,14,15,16,21). The van der Waals surface area contributed by atoms with Crippen molar-refractivity contribution in [3.05, 3.63) is 31.2 Å². The first-order chi connectivity index (χ1) is 9.93. The zero-order valence-electron chi connectivity index (χ0n) is 10.6. The van der Waals surface area contributed by atoms with Crippen LogP contribution in [0.3, 0.4) is 0 Å². The van der Waals surface area contributed by atoms with Crippen molar-refractivity contribution in [1.29, 1.82) is 0 Å². The van der Waals surface area contributed by atoms with Crippen LogP contribution in [0.15, 0.2) is 14.4 Å². The Hall–Kier alpha value is -3.44. The molecule has 21 heavy (non-hydrogen) atoms. The molecule has 12 heteroatoms. The highest BCUT2D eigenvalue weighted by molar-refractivity contribution is 5.81. The molecule has 3 heterocycles. The largest absolute Gasteiger partial charge is 0.357 e. The Balaban J connectivity index is 2.59. The summed E-state index contributed by atoms with van der Waals surface area (Å²) in [5.41, 5.74) is -3.11. The van der Waals surface area contributed by atoms with E-state index in [-0.39, 0.29) is 28.3 Å². The molecule has 0 aromatic carbocycles. The molecule has 0 atom stereocenters. The zero-order chi connectivity index (χ0) is 15.3. The number of fused-ring (bicyclic) bond motifs is 2. The fourth-order valence-corrected chi connectivity index (χ4v) is 1.79. The molecule has 0 saturated heterocycles. The fraction of sp³-hybridized carbons (Fsp3) is 0.111. The first-order valence-corrected chi connectivity index (χ1v) is 5.61. The van der Waals surface area contributed by atoms with Gasteiger partial charge in [0, 0.05) is 7.05 Å². The second kappa shape index (κ2) is 4.03. The van der Waals surface area contributed by atoms with Crippen LogP contribution in [-0.4, -0.2) is 36.3 Å². The van der Waals surface area contributed by atoms with Gasteiger partial charge in [-0.15, -0.1) is 0 Å². The summed E-state index contributed by atoms with van der Waals surface area (Å²) < 4.78 is 1.06. The molecule has 0 fully saturated rings. The predicted octanol–water partition coefficient (Wildman–Crippen LogP) is -3.34. The molecule has 3 aromatic rings. The lowest BCUT2D eigenvalue weighted by atomic mass is 10.4. The lowest BCUT2D eigenvalue weighted by molar-refractivity contribution is 0.845. The van der Waals surface area contributed by atoms with Gasteiger partial charge in [0.05, 0.1) is 0 Å². The number of H-pyrrole nitrogens is 1. The zero-order valence-corrected chi connectivity index (χ0v) is 10.6. The molecule has 0 saturated carbocycles. The van der Waals surface area contributed by atoms with Gasteiger partial charge in [0.15, 0.2) is 22.3 Å². The molecule has 108 valence electrons. The quantitative estimate of drug-likeness (QED) is 0.263. The van der Waals surface area contributed by atoms with Crippen LogP contribution in [-0.2, 0) is 0 Å². The van der Waals surface area contributed by atoms with Gasteiger partial charge in [0.1, 0.15) is 0 Å². The minimum Gasteiger partial charge on any atom is -0.357 e. The highest BCUT2D eigenvalue weighted by Crippen LogP contribution is 2.07. The van der Waals surface area contributed by atoms with Gasteiger partial charge in [-0.3, -0.25) is 14.6 Å². The minimum atomic E-state index is -0.885. The average molecular weight is 291 g/mol. The number of nitrogens with one attached hydrogen (secondary N) is 2. The van der Waals surface area contributed by atoms with E-state index >= 15 is 0 Å². The van der Waals surface area contributed by atoms with E-state index in [1.807, 2.05) is 0 Å². The Morgan fingerprint density at radius 2 is 1.67 bits per heavy atom. The lowest BCUT2D eigenvalue weighted by Gasteiger charge is -2.07. The van der Waals surface area contributed by atoms with Crippen molar-refractivity contribution in [2.75, 3.05) is 24.0 Å². The summed E-state index contributed by atoms with van der Waals surface area (Å²) in [4.78, 5) is 49.4. The number of hydrogen-bond acceptors (Lipinski definition) is 9. The van der Waals surface area contributed by atoms with Crippen molar-refractivity contribution < 1.29 is 0 Å². The number of aromatic nitrogens is 6. The molecule has 0 bridgehead atoms. The monoisotopic (exact) mass is 291 g/mol. The summed E-state index contributed by atoms with van der Waals surface area (Å²) in [6, 6.07) is 0. The van der Waals surface area contributed by atoms with Crippen molar-refractivity contribution >= 4 is 28.3 Å². The first kappa shape index (κ1) is 12.6. The van der Waals surface area contributed by atoms with Gasteiger partial charge in [-0.05, 0) is 0 Å². The summed E-state index contributed by atoms with van der Waals surface area (Å²) in [6.07, 6.45) is 0. The van der Waals surface area contributed by atoms with Crippen LogP contribution in [0.4, 0.5) is 5.95 Å². The van der Waals surface area contributed by atoms with Crippen LogP contribution >= 0.6 is 0 Å². The van der Waals surface area contributed by atoms with Crippen LogP contribution in [0.2, 0.25) is 0 Å². The number of rotatable bonds is 1. The van der Waals surface area contributed by atoms with E-state index in [9.17, 15) is 14.4 Å². The molecule has 0 aliphatic heterocycles. The number of nitrogens with zero attached hydrogens (tertiary/aromatic N) is 5. The van der Waals surface area contributed by atoms with E-state index in [0.29, 0.717) is 4.68 Å². The van der Waals surface area contributed by atoms with Crippen molar-refractivity contribution in [2.45, 2.75) is 0 Å². The number of nitrogen functional groups attached to an aromatic ring is 2. The summed E-state index contributed by atoms with van der Waals surface area (Å²) in [6.45, 7) is 0. The molecule has 3 rings (SSSR count). The molecule has 6 N–H and O–H groups in total. The topological polar surface area (TPSA) is 180 Å². The van der Waals surface area contributed by atoms with Gasteiger partial charge in [-0.1, -0.05) is 0 Å². The van der Waals surface area contributed by atoms with E-state index in [4.69, 9.17) is 11.7 Å². The van der Waals surface area contributed by atoms with Gasteiger partial charge < -0.3 is 17.0 Å². The van der Waals surface area contributed by atoms with Crippen molar-refractivity contribution in [3.8, 4) is 0 Å². The molecule has 0 aliphatic carbocycles. The Labute approximate surface area is 114 Å². The summed E-state index contributed by atoms with van der Waals surface area (Å²) in [7, 11) is 1.51. The molecular formula is C9H9N9O3. The van der Waals surface area contributed by atoms with E-state index in [0.717, 1.165) is 4.68 Å². The minimum absolute atomic E-state index is 0.0515. The van der Waals surface area contributed by atoms with Crippen LogP contribution in [0.25, 0.3) is 22.3 Å². The predicted molar refractivity (Wildman–Crippen MR) is 73.8 cm³/mol. The van der Waals surface area contributed by atoms with E-state index in [2.05, 4.69) is 25.3 Å². The summed E-state index contributed by atoms with van der Waals surface area (Å²) in [5.74, 6) is 10.9. The Morgan fingerprint density at radius 1 is 1.00 bits per heavy atom. The summed E-state index contributed by atoms with van der Waals surface area (Å²) >= 11 is 0. The van der Waals surface area contributed by atoms with Crippen molar-refractivity contribution in [1.82, 2.24) is 29.3 Å². The molecule has 0 unspecified atom stereocenters. The lowest BCUT2D eigenvalue weighted by Crippen LogP contribution is -2.41. The maximum Gasteiger partial charge on any atom is 0.348 e. The second-order valence-electron chi connectivity index (χ2n) is 4.06. The number of nitrogens with two attached hydrogens (primary N) is 2. The summed E-state index contributed by atoms with van der Waals surface area (Å²) in [5, 5.41) is 2.61. The van der Waals surface area contributed by atoms with Gasteiger partial charge in [0.2, 0.25) is 5.95 Å². The molecule has 0 spiro atoms. The van der Waals surface area contributed by atoms with Gasteiger partial charge in [-0.25, -0.2) is 14.8 Å². The fourth-order valence-electron chi connectivity index (χ4n) is 1.79. The smallest absolute Gasteiger partial charge is 0.348 e. The Bertz CT molecular complexity index is 1060. The van der Waals surface area contributed by atoms with Crippen molar-refractivity contribution in [3.63, 3.8) is 0 Å². The second-order valence-corrected chi connectivity index (χ2v) is 4.06. The van der Waals surface area contributed by atoms with Crippen LogP contribution in [0.5, 0.6) is 0 Å². The van der Waals surface area contributed by atoms with Crippen molar-refractivity contribution in [2.24, 2.45) is 0 Å². The highest BCUT2D eigenvalue weighted by Gasteiger charge is 2.15. The number of hydrogen-bond donors (Lipinski definition) is 4. The third-order valence-corrected chi connectivity index (χ3v) is 2.83. The normalized spacial score (nSPS) is 11.1. The number of aromatic amines is 1. The first-order valence-electron chi connectivity index (χ1n) is 5.61. The van der Waals surface area contributed by atoms with Gasteiger partial charge >= 0.3 is 16.8 Å². The maximum atomic E-state index is 12.1. The number of anilines is 1. The maximum absolute atomic E-state index is 12.1. The average Bonchev–Trinajstić information content (AvgIpc) is 2.47. The SMILES string of the molecule is CNc1nc2nc3[nH]c(=O)n(N)c(=O)c3nc2c(=O)n1N. The molecule has 0 aliphatic rings. The Kier molecular flexibility index (Phi) is 2.41. The molecule has 3 aromatic heterocycles. The highest BCUT2D eigenvalue weighted by atomic mass is 16.2. The Morgan fingerprint density at radius 3 is 2.33 bits per heavy atom. The third-order valence-electron chi connectivity index (χ3n) is 2.83. The van der Waals surface area contributed by atoms with E-state index in [1.54, 1.807) is 0 Å². The van der Waals surface area contributed by atoms with Gasteiger partial charge in [0.25, 0.3) is 0 Å². The van der Waals surface area contributed by atoms with Crippen LogP contribution in [0, 0.1) is 0 Å². The van der Waals surface area contributed by atoms with Gasteiger partial charge in [-0.2, -0.15) is 14.3 Å². The molecule has 0 amide bonds.